The number of nitrogens with zero attached hydrogens (tertiary/aromatic N) is 2. The Hall–Kier alpha value is -2.16. The summed E-state index contributed by atoms with van der Waals surface area (Å²) in [5, 5.41) is 1.24. The lowest BCUT2D eigenvalue weighted by molar-refractivity contribution is 0.452. The molecule has 0 atom stereocenters. The smallest absolute Gasteiger partial charge is 0.0962 e. The molecule has 2 nitrogen and oxygen atoms in total. The molecule has 4 rings (SSSR count). The number of aromatic nitrogens is 2. The molecule has 0 saturated carbocycles. The summed E-state index contributed by atoms with van der Waals surface area (Å²) in [6.07, 6.45) is 4.44. The van der Waals surface area contributed by atoms with Gasteiger partial charge in [0.1, 0.15) is 0 Å². The predicted molar refractivity (Wildman–Crippen MR) is 85.2 cm³/mol. The van der Waals surface area contributed by atoms with Crippen molar-refractivity contribution in [2.75, 3.05) is 6.67 Å². The van der Waals surface area contributed by atoms with E-state index in [4.69, 9.17) is 0 Å². The first-order valence-corrected chi connectivity index (χ1v) is 7.44. The van der Waals surface area contributed by atoms with Gasteiger partial charge in [-0.2, -0.15) is 0 Å². The number of pyridine rings is 1. The molecule has 106 valence electrons. The third-order valence-corrected chi connectivity index (χ3v) is 4.47. The fourth-order valence-electron chi connectivity index (χ4n) is 3.52. The maximum absolute atomic E-state index is 12.6. The van der Waals surface area contributed by atoms with Crippen LogP contribution in [0.1, 0.15) is 24.0 Å². The van der Waals surface area contributed by atoms with Crippen molar-refractivity contribution in [3.05, 3.63) is 48.2 Å². The lowest BCUT2D eigenvalue weighted by atomic mass is 10.0. The maximum Gasteiger partial charge on any atom is 0.0962 e. The van der Waals surface area contributed by atoms with E-state index in [-0.39, 0.29) is 6.67 Å². The summed E-state index contributed by atoms with van der Waals surface area (Å²) >= 11 is 0. The van der Waals surface area contributed by atoms with Crippen LogP contribution in [-0.2, 0) is 13.0 Å². The van der Waals surface area contributed by atoms with Crippen molar-refractivity contribution in [2.24, 2.45) is 0 Å². The summed E-state index contributed by atoms with van der Waals surface area (Å²) in [6.45, 7) is 4.57. The lowest BCUT2D eigenvalue weighted by Gasteiger charge is -2.06. The van der Waals surface area contributed by atoms with Crippen LogP contribution in [0.4, 0.5) is 4.39 Å². The zero-order valence-electron chi connectivity index (χ0n) is 11.9. The average Bonchev–Trinajstić information content (AvgIpc) is 3.04. The number of hydrogen-bond acceptors (Lipinski definition) is 1. The van der Waals surface area contributed by atoms with Crippen molar-refractivity contribution in [1.82, 2.24) is 9.55 Å². The van der Waals surface area contributed by atoms with E-state index >= 15 is 0 Å². The van der Waals surface area contributed by atoms with Crippen LogP contribution in [0.3, 0.4) is 0 Å². The third kappa shape index (κ3) is 1.73. The molecule has 0 aliphatic heterocycles. The Kier molecular flexibility index (Phi) is 2.81. The van der Waals surface area contributed by atoms with Crippen molar-refractivity contribution < 1.29 is 4.39 Å². The standard InChI is InChI=1S/C18H17FN2/c1-12-5-6-14-13(12)7-8-15-17(14)18-16(4-2-10-20-18)21(15)11-3-9-19/h2,4,7-8,10H,1,3,5-6,9,11H2. The van der Waals surface area contributed by atoms with Gasteiger partial charge < -0.3 is 4.57 Å². The van der Waals surface area contributed by atoms with Crippen molar-refractivity contribution in [2.45, 2.75) is 25.8 Å². The molecule has 0 N–H and O–H groups in total. The predicted octanol–water partition coefficient (Wildman–Crippen LogP) is 4.51. The molecule has 0 saturated heterocycles. The summed E-state index contributed by atoms with van der Waals surface area (Å²) in [5.74, 6) is 0. The Morgan fingerprint density at radius 1 is 1.19 bits per heavy atom. The summed E-state index contributed by atoms with van der Waals surface area (Å²) in [4.78, 5) is 4.60. The van der Waals surface area contributed by atoms with E-state index in [2.05, 4.69) is 34.3 Å². The van der Waals surface area contributed by atoms with Gasteiger partial charge >= 0.3 is 0 Å². The van der Waals surface area contributed by atoms with E-state index in [1.54, 1.807) is 0 Å². The highest BCUT2D eigenvalue weighted by Crippen LogP contribution is 2.39. The van der Waals surface area contributed by atoms with E-state index < -0.39 is 0 Å². The van der Waals surface area contributed by atoms with E-state index in [1.165, 1.54) is 27.6 Å². The minimum atomic E-state index is -0.289. The van der Waals surface area contributed by atoms with Crippen LogP contribution < -0.4 is 0 Å². The fraction of sp³-hybridized carbons (Fsp3) is 0.278. The van der Waals surface area contributed by atoms with Gasteiger partial charge in [0, 0.05) is 18.1 Å². The second kappa shape index (κ2) is 4.69. The highest BCUT2D eigenvalue weighted by Gasteiger charge is 2.22. The van der Waals surface area contributed by atoms with Gasteiger partial charge in [-0.25, -0.2) is 0 Å². The molecular weight excluding hydrogens is 263 g/mol. The Balaban J connectivity index is 2.10. The average molecular weight is 280 g/mol. The summed E-state index contributed by atoms with van der Waals surface area (Å²) in [5.41, 5.74) is 7.17. The van der Waals surface area contributed by atoms with Gasteiger partial charge in [0.15, 0.2) is 0 Å². The molecule has 21 heavy (non-hydrogen) atoms. The van der Waals surface area contributed by atoms with Gasteiger partial charge in [0.25, 0.3) is 0 Å². The van der Waals surface area contributed by atoms with E-state index in [0.29, 0.717) is 13.0 Å². The molecule has 0 unspecified atom stereocenters. The van der Waals surface area contributed by atoms with Gasteiger partial charge in [0.05, 0.1) is 23.2 Å². The van der Waals surface area contributed by atoms with Crippen LogP contribution >= 0.6 is 0 Å². The van der Waals surface area contributed by atoms with Crippen molar-refractivity contribution in [1.29, 1.82) is 0 Å². The SMILES string of the molecule is C=C1CCc2c1ccc1c2c2ncccc2n1CCCF. The zero-order valence-corrected chi connectivity index (χ0v) is 11.9. The topological polar surface area (TPSA) is 17.8 Å². The minimum absolute atomic E-state index is 0.289. The number of fused-ring (bicyclic) bond motifs is 5. The number of alkyl halides is 1. The molecule has 3 heteroatoms. The minimum Gasteiger partial charge on any atom is -0.339 e. The first-order chi connectivity index (χ1) is 10.3. The molecule has 0 spiro atoms. The van der Waals surface area contributed by atoms with Crippen LogP contribution in [0, 0.1) is 0 Å². The molecule has 1 aliphatic carbocycles. The Labute approximate surface area is 122 Å². The molecule has 0 fully saturated rings. The molecule has 3 aromatic rings. The summed E-state index contributed by atoms with van der Waals surface area (Å²) < 4.78 is 14.8. The number of rotatable bonds is 3. The van der Waals surface area contributed by atoms with E-state index in [1.807, 2.05) is 12.3 Å². The Morgan fingerprint density at radius 3 is 2.95 bits per heavy atom. The summed E-state index contributed by atoms with van der Waals surface area (Å²) in [6, 6.07) is 8.34. The van der Waals surface area contributed by atoms with Crippen LogP contribution in [0.15, 0.2) is 37.0 Å². The van der Waals surface area contributed by atoms with Gasteiger partial charge in [0.2, 0.25) is 0 Å². The van der Waals surface area contributed by atoms with Crippen LogP contribution in [-0.4, -0.2) is 16.2 Å². The normalized spacial score (nSPS) is 14.2. The van der Waals surface area contributed by atoms with Gasteiger partial charge in [-0.1, -0.05) is 12.6 Å². The monoisotopic (exact) mass is 280 g/mol. The maximum atomic E-state index is 12.6. The molecular formula is C18H17FN2. The first-order valence-electron chi connectivity index (χ1n) is 7.44. The Morgan fingerprint density at radius 2 is 2.10 bits per heavy atom. The molecule has 0 bridgehead atoms. The largest absolute Gasteiger partial charge is 0.339 e. The van der Waals surface area contributed by atoms with Gasteiger partial charge in [-0.15, -0.1) is 0 Å². The van der Waals surface area contributed by atoms with Crippen LogP contribution in [0.25, 0.3) is 27.5 Å². The number of aryl methyl sites for hydroxylation is 2. The lowest BCUT2D eigenvalue weighted by Crippen LogP contribution is -1.98. The number of halogens is 1. The van der Waals surface area contributed by atoms with Gasteiger partial charge in [-0.05, 0) is 54.2 Å². The zero-order chi connectivity index (χ0) is 14.4. The highest BCUT2D eigenvalue weighted by atomic mass is 19.1. The van der Waals surface area contributed by atoms with Gasteiger partial charge in [-0.3, -0.25) is 9.37 Å². The second-order valence-corrected chi connectivity index (χ2v) is 5.65. The molecule has 2 heterocycles. The van der Waals surface area contributed by atoms with Crippen molar-refractivity contribution in [3.63, 3.8) is 0 Å². The van der Waals surface area contributed by atoms with E-state index in [0.717, 1.165) is 23.9 Å². The van der Waals surface area contributed by atoms with E-state index in [9.17, 15) is 4.39 Å². The number of allylic oxidation sites excluding steroid dienone is 1. The summed E-state index contributed by atoms with van der Waals surface area (Å²) in [7, 11) is 0. The Bertz CT molecular complexity index is 860. The first kappa shape index (κ1) is 12.6. The van der Waals surface area contributed by atoms with Crippen molar-refractivity contribution >= 4 is 27.5 Å². The fourth-order valence-corrected chi connectivity index (χ4v) is 3.52. The second-order valence-electron chi connectivity index (χ2n) is 5.65. The van der Waals surface area contributed by atoms with Crippen LogP contribution in [0.5, 0.6) is 0 Å². The number of benzene rings is 1. The molecule has 1 aliphatic rings. The molecule has 1 aromatic carbocycles. The molecule has 2 aromatic heterocycles. The number of hydrogen-bond donors (Lipinski definition) is 0. The van der Waals surface area contributed by atoms with Crippen LogP contribution in [0.2, 0.25) is 0 Å². The molecule has 0 amide bonds. The third-order valence-electron chi connectivity index (χ3n) is 4.47. The quantitative estimate of drug-likeness (QED) is 0.690. The van der Waals surface area contributed by atoms with Crippen molar-refractivity contribution in [3.8, 4) is 0 Å². The highest BCUT2D eigenvalue weighted by molar-refractivity contribution is 6.09. The molecule has 0 radical (unpaired) electrons.